The van der Waals surface area contributed by atoms with Gasteiger partial charge >= 0.3 is 12.2 Å². The summed E-state index contributed by atoms with van der Waals surface area (Å²) in [6.07, 6.45) is 2.13. The molecule has 2 saturated heterocycles. The Bertz CT molecular complexity index is 1400. The summed E-state index contributed by atoms with van der Waals surface area (Å²) in [4.78, 5) is 35.0. The summed E-state index contributed by atoms with van der Waals surface area (Å²) in [7, 11) is 0. The van der Waals surface area contributed by atoms with Crippen molar-refractivity contribution in [3.63, 3.8) is 0 Å². The SMILES string of the molecule is CSc1nc2c(F)c(Br)c(CCC#N)cc2c(N(C(=O)OC(C)(C)C)C2[C@H]3C[C@@H]2N(C(=O)OC(C)(C)C)C3)c1I. The summed E-state index contributed by atoms with van der Waals surface area (Å²) < 4.78 is 28.3. The van der Waals surface area contributed by atoms with Gasteiger partial charge in [-0.2, -0.15) is 5.26 Å². The number of rotatable bonds is 5. The van der Waals surface area contributed by atoms with Gasteiger partial charge in [0.2, 0.25) is 0 Å². The predicted molar refractivity (Wildman–Crippen MR) is 165 cm³/mol. The Morgan fingerprint density at radius 2 is 1.93 bits per heavy atom. The zero-order valence-corrected chi connectivity index (χ0v) is 28.2. The zero-order valence-electron chi connectivity index (χ0n) is 23.6. The second-order valence-electron chi connectivity index (χ2n) is 12.0. The molecule has 2 amide bonds. The lowest BCUT2D eigenvalue weighted by molar-refractivity contribution is 0.0216. The second-order valence-corrected chi connectivity index (χ2v) is 14.7. The van der Waals surface area contributed by atoms with Gasteiger partial charge in [0, 0.05) is 24.3 Å². The lowest BCUT2D eigenvalue weighted by atomic mass is 9.78. The van der Waals surface area contributed by atoms with Crippen LogP contribution < -0.4 is 4.90 Å². The molecule has 3 atom stereocenters. The first-order valence-electron chi connectivity index (χ1n) is 13.0. The van der Waals surface area contributed by atoms with Crippen molar-refractivity contribution < 1.29 is 23.5 Å². The van der Waals surface area contributed by atoms with E-state index in [0.29, 0.717) is 38.2 Å². The third kappa shape index (κ3) is 6.02. The molecule has 3 fully saturated rings. The third-order valence-corrected chi connectivity index (χ3v) is 9.76. The van der Waals surface area contributed by atoms with Gasteiger partial charge in [-0.3, -0.25) is 4.90 Å². The first-order valence-corrected chi connectivity index (χ1v) is 16.1. The lowest BCUT2D eigenvalue weighted by Gasteiger charge is -2.44. The number of aryl methyl sites for hydroxylation is 1. The van der Waals surface area contributed by atoms with Gasteiger partial charge < -0.3 is 14.4 Å². The Morgan fingerprint density at radius 1 is 1.27 bits per heavy atom. The predicted octanol–water partition coefficient (Wildman–Crippen LogP) is 7.67. The summed E-state index contributed by atoms with van der Waals surface area (Å²) in [5, 5.41) is 10.2. The molecule has 1 aromatic carbocycles. The Morgan fingerprint density at radius 3 is 2.50 bits per heavy atom. The van der Waals surface area contributed by atoms with Crippen molar-refractivity contribution >= 4 is 79.1 Å². The van der Waals surface area contributed by atoms with E-state index in [-0.39, 0.29) is 34.4 Å². The number of nitrogens with zero attached hydrogens (tertiary/aromatic N) is 4. The number of ether oxygens (including phenoxy) is 2. The molecule has 2 bridgehead atoms. The van der Waals surface area contributed by atoms with E-state index >= 15 is 4.39 Å². The number of carbonyl (C=O) groups is 2. The van der Waals surface area contributed by atoms with Crippen LogP contribution in [0.15, 0.2) is 15.6 Å². The number of halogens is 3. The number of fused-ring (bicyclic) bond motifs is 2. The number of hydrogen-bond donors (Lipinski definition) is 0. The maximum atomic E-state index is 15.8. The van der Waals surface area contributed by atoms with Gasteiger partial charge in [-0.25, -0.2) is 19.0 Å². The number of nitriles is 1. The van der Waals surface area contributed by atoms with Crippen LogP contribution in [0.3, 0.4) is 0 Å². The average molecular weight is 747 g/mol. The second kappa shape index (κ2) is 11.4. The van der Waals surface area contributed by atoms with Gasteiger partial charge in [-0.15, -0.1) is 11.8 Å². The first kappa shape index (κ1) is 31.1. The van der Waals surface area contributed by atoms with E-state index in [0.717, 1.165) is 6.42 Å². The van der Waals surface area contributed by atoms with Gasteiger partial charge in [0.05, 0.1) is 31.9 Å². The fraction of sp³-hybridized carbons (Fsp3) is 0.571. The molecule has 1 aromatic heterocycles. The summed E-state index contributed by atoms with van der Waals surface area (Å²) in [6, 6.07) is 3.26. The molecule has 1 unspecified atom stereocenters. The Kier molecular flexibility index (Phi) is 8.89. The summed E-state index contributed by atoms with van der Waals surface area (Å²) in [5.41, 5.74) is -0.209. The third-order valence-electron chi connectivity index (χ3n) is 6.83. The molecule has 0 spiro atoms. The highest BCUT2D eigenvalue weighted by Crippen LogP contribution is 2.49. The van der Waals surface area contributed by atoms with Gasteiger partial charge in [-0.05, 0) is 111 Å². The standard InChI is InChI=1S/C28H33BrFIN4O4S/c1-27(2,3)38-25(36)34-13-15-12-17(34)22(15)35(26(37)39-28(4,5)6)23-16-11-14(9-8-10-32)18(29)19(30)21(16)33-24(40-7)20(23)31/h11,15,17,22H,8-9,12-13H2,1-7H3/t15-,17-,22?/m0/s1. The van der Waals surface area contributed by atoms with E-state index in [9.17, 15) is 9.59 Å². The van der Waals surface area contributed by atoms with Crippen LogP contribution >= 0.6 is 50.3 Å². The molecule has 1 saturated carbocycles. The van der Waals surface area contributed by atoms with Crippen LogP contribution in [-0.2, 0) is 15.9 Å². The molecule has 216 valence electrons. The molecule has 40 heavy (non-hydrogen) atoms. The highest BCUT2D eigenvalue weighted by Gasteiger charge is 2.59. The van der Waals surface area contributed by atoms with E-state index in [1.807, 2.05) is 27.0 Å². The number of hydrogen-bond acceptors (Lipinski definition) is 7. The highest BCUT2D eigenvalue weighted by atomic mass is 127. The van der Waals surface area contributed by atoms with Crippen LogP contribution in [0.4, 0.5) is 19.7 Å². The molecule has 3 aliphatic rings. The number of carbonyl (C=O) groups excluding carboxylic acids is 2. The van der Waals surface area contributed by atoms with E-state index in [2.05, 4.69) is 49.6 Å². The van der Waals surface area contributed by atoms with Crippen LogP contribution in [0, 0.1) is 26.6 Å². The Balaban J connectivity index is 1.92. The van der Waals surface area contributed by atoms with Crippen molar-refractivity contribution in [1.29, 1.82) is 5.26 Å². The molecule has 0 radical (unpaired) electrons. The normalized spacial score (nSPS) is 20.2. The van der Waals surface area contributed by atoms with Crippen LogP contribution in [0.5, 0.6) is 0 Å². The summed E-state index contributed by atoms with van der Waals surface area (Å²) in [6.45, 7) is 11.3. The van der Waals surface area contributed by atoms with Crippen molar-refractivity contribution in [1.82, 2.24) is 9.88 Å². The van der Waals surface area contributed by atoms with Crippen molar-refractivity contribution in [3.05, 3.63) is 25.5 Å². The van der Waals surface area contributed by atoms with Crippen molar-refractivity contribution in [2.24, 2.45) is 5.92 Å². The number of anilines is 1. The highest BCUT2D eigenvalue weighted by molar-refractivity contribution is 14.1. The molecule has 2 aromatic rings. The zero-order chi connectivity index (χ0) is 29.7. The number of aromatic nitrogens is 1. The topological polar surface area (TPSA) is 95.8 Å². The molecular formula is C28H33BrFIN4O4S. The largest absolute Gasteiger partial charge is 0.444 e. The average Bonchev–Trinajstić information content (AvgIpc) is 3.43. The number of thioether (sulfide) groups is 1. The summed E-state index contributed by atoms with van der Waals surface area (Å²) in [5.74, 6) is -0.547. The van der Waals surface area contributed by atoms with Crippen molar-refractivity contribution in [3.8, 4) is 6.07 Å². The Labute approximate surface area is 260 Å². The lowest BCUT2D eigenvalue weighted by Crippen LogP contribution is -2.59. The van der Waals surface area contributed by atoms with Crippen LogP contribution in [0.2, 0.25) is 0 Å². The molecule has 8 nitrogen and oxygen atoms in total. The first-order chi connectivity index (χ1) is 18.6. The number of pyridine rings is 1. The Hall–Kier alpha value is -1.85. The molecular weight excluding hydrogens is 714 g/mol. The van der Waals surface area contributed by atoms with E-state index in [1.165, 1.54) is 11.8 Å². The molecule has 12 heteroatoms. The molecule has 0 N–H and O–H groups in total. The summed E-state index contributed by atoms with van der Waals surface area (Å²) >= 11 is 6.88. The van der Waals surface area contributed by atoms with E-state index in [1.54, 1.807) is 36.6 Å². The minimum absolute atomic E-state index is 0.000126. The maximum absolute atomic E-state index is 15.8. The number of benzene rings is 1. The monoisotopic (exact) mass is 746 g/mol. The number of amides is 2. The fourth-order valence-electron chi connectivity index (χ4n) is 5.25. The van der Waals surface area contributed by atoms with Gasteiger partial charge in [0.15, 0.2) is 5.82 Å². The van der Waals surface area contributed by atoms with E-state index in [4.69, 9.17) is 14.7 Å². The van der Waals surface area contributed by atoms with Crippen LogP contribution in [0.1, 0.15) is 59.9 Å². The van der Waals surface area contributed by atoms with Gasteiger partial charge in [0.25, 0.3) is 0 Å². The van der Waals surface area contributed by atoms with Crippen molar-refractivity contribution in [2.45, 2.75) is 89.1 Å². The van der Waals surface area contributed by atoms with Gasteiger partial charge in [0.1, 0.15) is 21.7 Å². The molecule has 3 heterocycles. The van der Waals surface area contributed by atoms with Crippen molar-refractivity contribution in [2.75, 3.05) is 17.7 Å². The van der Waals surface area contributed by atoms with Crippen LogP contribution in [0.25, 0.3) is 10.9 Å². The van der Waals surface area contributed by atoms with E-state index < -0.39 is 29.2 Å². The molecule has 2 aliphatic heterocycles. The van der Waals surface area contributed by atoms with Crippen LogP contribution in [-0.4, -0.2) is 58.2 Å². The minimum atomic E-state index is -0.786. The molecule has 1 aliphatic carbocycles. The smallest absolute Gasteiger partial charge is 0.415 e. The van der Waals surface area contributed by atoms with Gasteiger partial charge in [-0.1, -0.05) is 0 Å². The molecule has 5 rings (SSSR count). The fourth-order valence-corrected chi connectivity index (χ4v) is 7.54. The minimum Gasteiger partial charge on any atom is -0.444 e. The maximum Gasteiger partial charge on any atom is 0.415 e. The quantitative estimate of drug-likeness (QED) is 0.229.